The van der Waals surface area contributed by atoms with E-state index in [1.165, 1.54) is 6.92 Å². The van der Waals surface area contributed by atoms with Gasteiger partial charge in [-0.1, -0.05) is 18.2 Å². The molecule has 28 heavy (non-hydrogen) atoms. The highest BCUT2D eigenvalue weighted by Crippen LogP contribution is 2.23. The zero-order valence-electron chi connectivity index (χ0n) is 16.0. The number of aromatic nitrogens is 1. The van der Waals surface area contributed by atoms with Gasteiger partial charge in [0, 0.05) is 54.9 Å². The number of hydrogen-bond acceptors (Lipinski definition) is 5. The lowest BCUT2D eigenvalue weighted by Crippen LogP contribution is -2.52. The Hall–Kier alpha value is -2.19. The van der Waals surface area contributed by atoms with Gasteiger partial charge >= 0.3 is 0 Å². The quantitative estimate of drug-likeness (QED) is 0.716. The van der Waals surface area contributed by atoms with Crippen molar-refractivity contribution in [2.45, 2.75) is 25.9 Å². The Bertz CT molecular complexity index is 1020. The molecule has 2 fully saturated rings. The van der Waals surface area contributed by atoms with Crippen molar-refractivity contribution in [3.8, 4) is 0 Å². The van der Waals surface area contributed by atoms with Crippen LogP contribution in [-0.4, -0.2) is 78.2 Å². The van der Waals surface area contributed by atoms with E-state index in [1.54, 1.807) is 6.20 Å². The number of amides is 1. The number of rotatable bonds is 4. The predicted molar refractivity (Wildman–Crippen MR) is 107 cm³/mol. The molecule has 4 rings (SSSR count). The number of benzene rings is 1. The van der Waals surface area contributed by atoms with Gasteiger partial charge in [0.25, 0.3) is 0 Å². The van der Waals surface area contributed by atoms with Crippen LogP contribution < -0.4 is 0 Å². The highest BCUT2D eigenvalue weighted by atomic mass is 32.2. The van der Waals surface area contributed by atoms with Crippen molar-refractivity contribution in [3.63, 3.8) is 0 Å². The van der Waals surface area contributed by atoms with Crippen molar-refractivity contribution in [2.75, 3.05) is 37.7 Å². The third kappa shape index (κ3) is 3.71. The Labute approximate surface area is 164 Å². The first-order valence-corrected chi connectivity index (χ1v) is 11.5. The summed E-state index contributed by atoms with van der Waals surface area (Å²) >= 11 is 0. The molecule has 150 valence electrons. The van der Waals surface area contributed by atoms with E-state index in [4.69, 9.17) is 0 Å². The third-order valence-corrected chi connectivity index (χ3v) is 7.62. The van der Waals surface area contributed by atoms with Crippen LogP contribution in [0, 0.1) is 0 Å². The van der Waals surface area contributed by atoms with Gasteiger partial charge in [0.15, 0.2) is 15.6 Å². The molecule has 3 heterocycles. The molecule has 0 bridgehead atoms. The van der Waals surface area contributed by atoms with Crippen LogP contribution in [-0.2, 0) is 21.2 Å². The number of carbonyl (C=O) groups excluding carboxylic acids is 2. The fourth-order valence-corrected chi connectivity index (χ4v) is 6.07. The van der Waals surface area contributed by atoms with Gasteiger partial charge in [-0.05, 0) is 19.4 Å². The summed E-state index contributed by atoms with van der Waals surface area (Å²) in [5, 5.41) is 0.870. The molecule has 1 aromatic carbocycles. The summed E-state index contributed by atoms with van der Waals surface area (Å²) in [6.45, 7) is 4.36. The summed E-state index contributed by atoms with van der Waals surface area (Å²) < 4.78 is 25.2. The van der Waals surface area contributed by atoms with E-state index >= 15 is 0 Å². The largest absolute Gasteiger partial charge is 0.339 e. The maximum absolute atomic E-state index is 12.8. The molecule has 1 amide bonds. The Balaban J connectivity index is 1.42. The zero-order valence-corrected chi connectivity index (χ0v) is 16.8. The number of Topliss-reactive ketones (excluding diaryl/α,β-unsaturated/α-hetero) is 1. The predicted octanol–water partition coefficient (Wildman–Crippen LogP) is 1.18. The number of para-hydroxylation sites is 1. The van der Waals surface area contributed by atoms with Crippen LogP contribution in [0.1, 0.15) is 23.7 Å². The minimum absolute atomic E-state index is 0.0115. The van der Waals surface area contributed by atoms with E-state index in [-0.39, 0.29) is 35.8 Å². The number of hydrogen-bond donors (Lipinski definition) is 0. The number of nitrogens with zero attached hydrogens (tertiary/aromatic N) is 3. The fraction of sp³-hybridized carbons (Fsp3) is 0.500. The topological polar surface area (TPSA) is 79.7 Å². The van der Waals surface area contributed by atoms with Crippen LogP contribution >= 0.6 is 0 Å². The molecule has 0 unspecified atom stereocenters. The Morgan fingerprint density at radius 3 is 2.46 bits per heavy atom. The highest BCUT2D eigenvalue weighted by molar-refractivity contribution is 7.91. The van der Waals surface area contributed by atoms with Gasteiger partial charge in [-0.15, -0.1) is 0 Å². The first-order chi connectivity index (χ1) is 13.3. The number of sulfone groups is 1. The van der Waals surface area contributed by atoms with Crippen LogP contribution in [0.5, 0.6) is 0 Å². The maximum Gasteiger partial charge on any atom is 0.242 e. The smallest absolute Gasteiger partial charge is 0.242 e. The first kappa shape index (κ1) is 19.1. The van der Waals surface area contributed by atoms with Crippen molar-refractivity contribution < 1.29 is 18.0 Å². The first-order valence-electron chi connectivity index (χ1n) is 9.65. The van der Waals surface area contributed by atoms with Crippen molar-refractivity contribution in [2.24, 2.45) is 0 Å². The van der Waals surface area contributed by atoms with E-state index in [0.29, 0.717) is 38.2 Å². The van der Waals surface area contributed by atoms with Crippen molar-refractivity contribution >= 4 is 32.4 Å². The zero-order chi connectivity index (χ0) is 19.9. The second kappa shape index (κ2) is 7.33. The fourth-order valence-electron chi connectivity index (χ4n) is 4.30. The Morgan fingerprint density at radius 2 is 1.82 bits per heavy atom. The molecule has 0 radical (unpaired) electrons. The number of piperazine rings is 1. The van der Waals surface area contributed by atoms with Crippen LogP contribution in [0.2, 0.25) is 0 Å². The summed E-state index contributed by atoms with van der Waals surface area (Å²) in [5.41, 5.74) is 1.52. The van der Waals surface area contributed by atoms with Crippen LogP contribution in [0.25, 0.3) is 10.9 Å². The number of carbonyl (C=O) groups is 2. The molecule has 7 nitrogen and oxygen atoms in total. The second-order valence-corrected chi connectivity index (χ2v) is 9.95. The van der Waals surface area contributed by atoms with Crippen LogP contribution in [0.3, 0.4) is 0 Å². The van der Waals surface area contributed by atoms with Gasteiger partial charge in [0.2, 0.25) is 5.91 Å². The molecule has 0 spiro atoms. The molecule has 1 aromatic heterocycles. The summed E-state index contributed by atoms with van der Waals surface area (Å²) in [7, 11) is -2.89. The van der Waals surface area contributed by atoms with E-state index < -0.39 is 9.84 Å². The summed E-state index contributed by atoms with van der Waals surface area (Å²) in [6.07, 6.45) is 2.46. The molecule has 0 saturated carbocycles. The molecule has 1 atom stereocenters. The van der Waals surface area contributed by atoms with E-state index in [2.05, 4.69) is 4.90 Å². The minimum Gasteiger partial charge on any atom is -0.339 e. The van der Waals surface area contributed by atoms with Crippen molar-refractivity contribution in [3.05, 3.63) is 36.0 Å². The monoisotopic (exact) mass is 403 g/mol. The molecule has 8 heteroatoms. The second-order valence-electron chi connectivity index (χ2n) is 7.72. The van der Waals surface area contributed by atoms with E-state index in [9.17, 15) is 18.0 Å². The normalized spacial score (nSPS) is 22.6. The molecule has 2 saturated heterocycles. The van der Waals surface area contributed by atoms with Gasteiger partial charge in [-0.25, -0.2) is 8.42 Å². The SMILES string of the molecule is CC(=O)c1cn(CC(=O)N2CCN([C@H]3CCS(=O)(=O)C3)CC2)c2ccccc12. The lowest BCUT2D eigenvalue weighted by molar-refractivity contribution is -0.133. The standard InChI is InChI=1S/C20H25N3O4S/c1-15(24)18-12-23(19-5-3-2-4-17(18)19)13-20(25)22-9-7-21(8-10-22)16-6-11-28(26,27)14-16/h2-5,12,16H,6-11,13-14H2,1H3/t16-/m0/s1. The van der Waals surface area contributed by atoms with Gasteiger partial charge in [0.1, 0.15) is 6.54 Å². The van der Waals surface area contributed by atoms with Gasteiger partial charge in [-0.3, -0.25) is 14.5 Å². The van der Waals surface area contributed by atoms with E-state index in [0.717, 1.165) is 10.9 Å². The molecule has 2 aliphatic heterocycles. The van der Waals surface area contributed by atoms with Gasteiger partial charge in [0.05, 0.1) is 11.5 Å². The third-order valence-electron chi connectivity index (χ3n) is 5.87. The van der Waals surface area contributed by atoms with Gasteiger partial charge < -0.3 is 9.47 Å². The number of ketones is 1. The molecule has 2 aliphatic rings. The van der Waals surface area contributed by atoms with Crippen LogP contribution in [0.4, 0.5) is 0 Å². The molecule has 2 aromatic rings. The summed E-state index contributed by atoms with van der Waals surface area (Å²) in [5.74, 6) is 0.525. The van der Waals surface area contributed by atoms with Gasteiger partial charge in [-0.2, -0.15) is 0 Å². The Morgan fingerprint density at radius 1 is 1.11 bits per heavy atom. The lowest BCUT2D eigenvalue weighted by Gasteiger charge is -2.37. The lowest BCUT2D eigenvalue weighted by atomic mass is 10.1. The minimum atomic E-state index is -2.89. The van der Waals surface area contributed by atoms with Crippen molar-refractivity contribution in [1.29, 1.82) is 0 Å². The average molecular weight is 404 g/mol. The molecular formula is C20H25N3O4S. The maximum atomic E-state index is 12.8. The molecular weight excluding hydrogens is 378 g/mol. The average Bonchev–Trinajstić information content (AvgIpc) is 3.22. The number of fused-ring (bicyclic) bond motifs is 1. The van der Waals surface area contributed by atoms with E-state index in [1.807, 2.05) is 33.7 Å². The Kier molecular flexibility index (Phi) is 5.01. The van der Waals surface area contributed by atoms with Crippen LogP contribution in [0.15, 0.2) is 30.5 Å². The molecule has 0 N–H and O–H groups in total. The highest BCUT2D eigenvalue weighted by Gasteiger charge is 2.34. The van der Waals surface area contributed by atoms with Crippen molar-refractivity contribution in [1.82, 2.24) is 14.4 Å². The summed E-state index contributed by atoms with van der Waals surface area (Å²) in [4.78, 5) is 28.8. The molecule has 0 aliphatic carbocycles. The summed E-state index contributed by atoms with van der Waals surface area (Å²) in [6, 6.07) is 7.72.